The zero-order valence-corrected chi connectivity index (χ0v) is 8.97. The lowest BCUT2D eigenvalue weighted by molar-refractivity contribution is 0.804. The molecule has 0 radical (unpaired) electrons. The minimum atomic E-state index is 0.940. The first-order chi connectivity index (χ1) is 7.41. The molecule has 4 nitrogen and oxygen atoms in total. The van der Waals surface area contributed by atoms with Gasteiger partial charge in [-0.05, 0) is 18.9 Å². The molecule has 0 aromatic carbocycles. The van der Waals surface area contributed by atoms with Crippen molar-refractivity contribution in [1.82, 2.24) is 5.53 Å². The Morgan fingerprint density at radius 1 is 1.13 bits per heavy atom. The molecule has 82 valence electrons. The summed E-state index contributed by atoms with van der Waals surface area (Å²) in [4.78, 5) is 9.54. The van der Waals surface area contributed by atoms with E-state index in [4.69, 9.17) is 0 Å². The van der Waals surface area contributed by atoms with Crippen molar-refractivity contribution >= 4 is 6.21 Å². The van der Waals surface area contributed by atoms with E-state index in [9.17, 15) is 4.91 Å². The molecule has 0 aromatic heterocycles. The summed E-state index contributed by atoms with van der Waals surface area (Å²) >= 11 is 0. The summed E-state index contributed by atoms with van der Waals surface area (Å²) in [5.41, 5.74) is 1.93. The minimum absolute atomic E-state index is 0.940. The SMILES string of the molecule is CCC/C=C\C/C=C/C=C\C=NNN=O. The molecule has 0 atom stereocenters. The lowest BCUT2D eigenvalue weighted by Gasteiger charge is -1.82. The highest BCUT2D eigenvalue weighted by Crippen LogP contribution is 1.92. The number of hydrogen-bond donors (Lipinski definition) is 1. The quantitative estimate of drug-likeness (QED) is 0.218. The summed E-state index contributed by atoms with van der Waals surface area (Å²) in [6.07, 6.45) is 16.6. The predicted octanol–water partition coefficient (Wildman–Crippen LogP) is 3.10. The highest BCUT2D eigenvalue weighted by Gasteiger charge is 1.72. The maximum atomic E-state index is 9.54. The summed E-state index contributed by atoms with van der Waals surface area (Å²) < 4.78 is 0. The van der Waals surface area contributed by atoms with Crippen LogP contribution < -0.4 is 5.53 Å². The molecule has 0 aliphatic carbocycles. The molecule has 15 heavy (non-hydrogen) atoms. The van der Waals surface area contributed by atoms with E-state index < -0.39 is 0 Å². The van der Waals surface area contributed by atoms with E-state index in [-0.39, 0.29) is 0 Å². The van der Waals surface area contributed by atoms with Crippen LogP contribution in [-0.2, 0) is 0 Å². The van der Waals surface area contributed by atoms with Crippen LogP contribution in [0.25, 0.3) is 0 Å². The van der Waals surface area contributed by atoms with Gasteiger partial charge in [-0.1, -0.05) is 43.7 Å². The highest BCUT2D eigenvalue weighted by molar-refractivity contribution is 5.71. The van der Waals surface area contributed by atoms with Gasteiger partial charge in [0.15, 0.2) is 0 Å². The number of hydrazone groups is 1. The summed E-state index contributed by atoms with van der Waals surface area (Å²) in [6.45, 7) is 2.16. The first-order valence-corrected chi connectivity index (χ1v) is 4.99. The Kier molecular flexibility index (Phi) is 10.9. The standard InChI is InChI=1S/C11H17N3O/c1-2-3-4-5-6-7-8-9-10-11-12-13-14-15/h4-5,7-11H,2-3,6H2,1H3,(H,13,15)/b5-4-,8-7+,10-9-,12-11?. The second-order valence-electron chi connectivity index (χ2n) is 2.78. The molecule has 0 spiro atoms. The van der Waals surface area contributed by atoms with Crippen LogP contribution in [-0.4, -0.2) is 6.21 Å². The summed E-state index contributed by atoms with van der Waals surface area (Å²) in [6, 6.07) is 0. The van der Waals surface area contributed by atoms with Gasteiger partial charge in [-0.2, -0.15) is 10.6 Å². The summed E-state index contributed by atoms with van der Waals surface area (Å²) in [5.74, 6) is 0. The Morgan fingerprint density at radius 2 is 2.00 bits per heavy atom. The van der Waals surface area contributed by atoms with E-state index in [1.807, 2.05) is 23.8 Å². The number of hydrogen-bond acceptors (Lipinski definition) is 3. The fourth-order valence-corrected chi connectivity index (χ4v) is 0.830. The number of nitrogens with one attached hydrogen (secondary N) is 1. The van der Waals surface area contributed by atoms with Crippen LogP contribution in [0.5, 0.6) is 0 Å². The minimum Gasteiger partial charge on any atom is -0.164 e. The average Bonchev–Trinajstić information content (AvgIpc) is 2.26. The maximum absolute atomic E-state index is 9.54. The largest absolute Gasteiger partial charge is 0.164 e. The van der Waals surface area contributed by atoms with E-state index >= 15 is 0 Å². The van der Waals surface area contributed by atoms with Crippen molar-refractivity contribution in [2.75, 3.05) is 0 Å². The fourth-order valence-electron chi connectivity index (χ4n) is 0.830. The van der Waals surface area contributed by atoms with Gasteiger partial charge in [0.05, 0.1) is 5.29 Å². The summed E-state index contributed by atoms with van der Waals surface area (Å²) in [7, 11) is 0. The number of allylic oxidation sites excluding steroid dienone is 6. The van der Waals surface area contributed by atoms with E-state index in [0.29, 0.717) is 0 Å². The normalized spacial score (nSPS) is 12.3. The molecule has 0 unspecified atom stereocenters. The Bertz CT molecular complexity index is 255. The molecule has 0 saturated heterocycles. The van der Waals surface area contributed by atoms with Gasteiger partial charge < -0.3 is 0 Å². The average molecular weight is 207 g/mol. The third kappa shape index (κ3) is 12.3. The number of unbranched alkanes of at least 4 members (excludes halogenated alkanes) is 1. The third-order valence-corrected chi connectivity index (χ3v) is 1.51. The van der Waals surface area contributed by atoms with Crippen molar-refractivity contribution in [1.29, 1.82) is 0 Å². The highest BCUT2D eigenvalue weighted by atomic mass is 16.3. The van der Waals surface area contributed by atoms with E-state index in [2.05, 4.69) is 29.5 Å². The molecule has 0 heterocycles. The van der Waals surface area contributed by atoms with Crippen LogP contribution in [0.4, 0.5) is 0 Å². The molecule has 0 aromatic rings. The Morgan fingerprint density at radius 3 is 2.73 bits per heavy atom. The van der Waals surface area contributed by atoms with Crippen LogP contribution in [0.3, 0.4) is 0 Å². The second kappa shape index (κ2) is 12.3. The Balaban J connectivity index is 3.48. The van der Waals surface area contributed by atoms with Gasteiger partial charge >= 0.3 is 0 Å². The van der Waals surface area contributed by atoms with E-state index in [0.717, 1.165) is 12.8 Å². The molecule has 0 rings (SSSR count). The molecule has 1 N–H and O–H groups in total. The molecule has 0 fully saturated rings. The van der Waals surface area contributed by atoms with Crippen molar-refractivity contribution < 1.29 is 0 Å². The molecular formula is C11H17N3O. The van der Waals surface area contributed by atoms with Crippen molar-refractivity contribution in [2.24, 2.45) is 10.4 Å². The first kappa shape index (κ1) is 13.3. The third-order valence-electron chi connectivity index (χ3n) is 1.51. The van der Waals surface area contributed by atoms with Crippen molar-refractivity contribution in [3.8, 4) is 0 Å². The van der Waals surface area contributed by atoms with E-state index in [1.165, 1.54) is 12.6 Å². The zero-order chi connectivity index (χ0) is 11.2. The fraction of sp³-hybridized carbons (Fsp3) is 0.364. The van der Waals surface area contributed by atoms with Crippen molar-refractivity contribution in [2.45, 2.75) is 26.2 Å². The van der Waals surface area contributed by atoms with Crippen LogP contribution in [0.15, 0.2) is 46.8 Å². The predicted molar refractivity (Wildman–Crippen MR) is 64.4 cm³/mol. The van der Waals surface area contributed by atoms with Crippen LogP contribution in [0.2, 0.25) is 0 Å². The Labute approximate surface area is 90.4 Å². The molecule has 0 aliphatic heterocycles. The molecule has 0 amide bonds. The van der Waals surface area contributed by atoms with Gasteiger partial charge in [-0.25, -0.2) is 0 Å². The zero-order valence-electron chi connectivity index (χ0n) is 8.97. The molecule has 0 bridgehead atoms. The van der Waals surface area contributed by atoms with E-state index in [1.54, 1.807) is 6.08 Å². The second-order valence-corrected chi connectivity index (χ2v) is 2.78. The molecule has 0 aliphatic rings. The Hall–Kier alpha value is -1.71. The van der Waals surface area contributed by atoms with Gasteiger partial charge in [0, 0.05) is 6.21 Å². The molecule has 4 heteroatoms. The number of nitrogens with zero attached hydrogens (tertiary/aromatic N) is 2. The van der Waals surface area contributed by atoms with Gasteiger partial charge in [-0.3, -0.25) is 0 Å². The lowest BCUT2D eigenvalue weighted by atomic mass is 10.2. The van der Waals surface area contributed by atoms with Gasteiger partial charge in [0.1, 0.15) is 0 Å². The van der Waals surface area contributed by atoms with Gasteiger partial charge in [-0.15, -0.1) is 4.91 Å². The van der Waals surface area contributed by atoms with Crippen LogP contribution in [0, 0.1) is 4.91 Å². The summed E-state index contributed by atoms with van der Waals surface area (Å²) in [5, 5.41) is 5.81. The van der Waals surface area contributed by atoms with Crippen LogP contribution in [0.1, 0.15) is 26.2 Å². The number of nitroso groups, excluding NO2 is 1. The van der Waals surface area contributed by atoms with Gasteiger partial charge in [0.2, 0.25) is 0 Å². The van der Waals surface area contributed by atoms with Crippen molar-refractivity contribution in [3.63, 3.8) is 0 Å². The topological polar surface area (TPSA) is 53.8 Å². The molecule has 0 saturated carbocycles. The molecular weight excluding hydrogens is 190 g/mol. The smallest absolute Gasteiger partial charge is 0.0722 e. The van der Waals surface area contributed by atoms with Crippen molar-refractivity contribution in [3.05, 3.63) is 41.4 Å². The first-order valence-electron chi connectivity index (χ1n) is 4.99. The number of rotatable bonds is 8. The lowest BCUT2D eigenvalue weighted by Crippen LogP contribution is -1.89. The maximum Gasteiger partial charge on any atom is 0.0722 e. The van der Waals surface area contributed by atoms with Crippen LogP contribution >= 0.6 is 0 Å². The monoisotopic (exact) mass is 207 g/mol. The van der Waals surface area contributed by atoms with Gasteiger partial charge in [0.25, 0.3) is 0 Å².